The lowest BCUT2D eigenvalue weighted by atomic mass is 9.93. The maximum Gasteiger partial charge on any atom is 0.154 e. The summed E-state index contributed by atoms with van der Waals surface area (Å²) in [6.45, 7) is 5.05. The van der Waals surface area contributed by atoms with Crippen LogP contribution in [0.2, 0.25) is 0 Å². The first-order valence-corrected chi connectivity index (χ1v) is 7.48. The summed E-state index contributed by atoms with van der Waals surface area (Å²) >= 11 is 0. The molecule has 0 bridgehead atoms. The van der Waals surface area contributed by atoms with Gasteiger partial charge in [0, 0.05) is 25.7 Å². The summed E-state index contributed by atoms with van der Waals surface area (Å²) in [5, 5.41) is 6.56. The van der Waals surface area contributed by atoms with Gasteiger partial charge in [0.25, 0.3) is 0 Å². The van der Waals surface area contributed by atoms with Crippen LogP contribution in [0.4, 0.5) is 4.39 Å². The van der Waals surface area contributed by atoms with Crippen molar-refractivity contribution in [2.45, 2.75) is 50.4 Å². The van der Waals surface area contributed by atoms with Crippen LogP contribution in [0.3, 0.4) is 0 Å². The summed E-state index contributed by atoms with van der Waals surface area (Å²) in [5.41, 5.74) is -1.38. The van der Waals surface area contributed by atoms with Crippen molar-refractivity contribution in [2.24, 2.45) is 0 Å². The molecule has 2 fully saturated rings. The van der Waals surface area contributed by atoms with Gasteiger partial charge in [-0.25, -0.2) is 4.39 Å². The third-order valence-corrected chi connectivity index (χ3v) is 3.77. The third kappa shape index (κ3) is 5.73. The molecule has 19 heavy (non-hydrogen) atoms. The van der Waals surface area contributed by atoms with E-state index in [9.17, 15) is 4.39 Å². The number of hydrogen-bond acceptors (Lipinski definition) is 4. The number of ether oxygens (including phenoxy) is 2. The summed E-state index contributed by atoms with van der Waals surface area (Å²) in [7, 11) is 0. The Labute approximate surface area is 115 Å². The smallest absolute Gasteiger partial charge is 0.154 e. The second-order valence-corrected chi connectivity index (χ2v) is 5.99. The van der Waals surface area contributed by atoms with Gasteiger partial charge >= 0.3 is 0 Å². The molecule has 1 saturated heterocycles. The van der Waals surface area contributed by atoms with Crippen molar-refractivity contribution in [1.82, 2.24) is 10.6 Å². The van der Waals surface area contributed by atoms with Crippen LogP contribution in [0.5, 0.6) is 0 Å². The molecule has 5 heteroatoms. The molecule has 2 rings (SSSR count). The van der Waals surface area contributed by atoms with Gasteiger partial charge in [-0.3, -0.25) is 0 Å². The number of hydrogen-bond donors (Lipinski definition) is 2. The lowest BCUT2D eigenvalue weighted by molar-refractivity contribution is -0.0709. The Morgan fingerprint density at radius 3 is 2.68 bits per heavy atom. The summed E-state index contributed by atoms with van der Waals surface area (Å²) in [4.78, 5) is 0. The quantitative estimate of drug-likeness (QED) is 0.589. The first-order valence-electron chi connectivity index (χ1n) is 7.48. The van der Waals surface area contributed by atoms with Crippen LogP contribution in [0.1, 0.15) is 32.6 Å². The first kappa shape index (κ1) is 15.2. The maximum absolute atomic E-state index is 14.0. The van der Waals surface area contributed by atoms with Crippen LogP contribution >= 0.6 is 0 Å². The van der Waals surface area contributed by atoms with Crippen molar-refractivity contribution in [3.63, 3.8) is 0 Å². The van der Waals surface area contributed by atoms with Gasteiger partial charge in [0.2, 0.25) is 0 Å². The minimum atomic E-state index is -1.38. The summed E-state index contributed by atoms with van der Waals surface area (Å²) in [5.74, 6) is 0. The Morgan fingerprint density at radius 1 is 1.32 bits per heavy atom. The second-order valence-electron chi connectivity index (χ2n) is 5.99. The number of halogens is 1. The van der Waals surface area contributed by atoms with Crippen molar-refractivity contribution < 1.29 is 13.9 Å². The number of rotatable bonds is 10. The Morgan fingerprint density at radius 2 is 2.11 bits per heavy atom. The average Bonchev–Trinajstić information content (AvgIpc) is 2.23. The third-order valence-electron chi connectivity index (χ3n) is 3.77. The van der Waals surface area contributed by atoms with E-state index in [1.54, 1.807) is 6.92 Å². The lowest BCUT2D eigenvalue weighted by Gasteiger charge is -2.30. The van der Waals surface area contributed by atoms with E-state index in [1.165, 1.54) is 19.3 Å². The van der Waals surface area contributed by atoms with Gasteiger partial charge in [-0.05, 0) is 32.7 Å². The molecule has 1 saturated carbocycles. The van der Waals surface area contributed by atoms with Gasteiger partial charge in [-0.15, -0.1) is 0 Å². The van der Waals surface area contributed by atoms with Gasteiger partial charge < -0.3 is 20.1 Å². The molecule has 112 valence electrons. The van der Waals surface area contributed by atoms with Crippen LogP contribution in [-0.4, -0.2) is 57.3 Å². The number of nitrogens with one attached hydrogen (secondary N) is 2. The molecule has 4 nitrogen and oxygen atoms in total. The van der Waals surface area contributed by atoms with Crippen molar-refractivity contribution in [3.05, 3.63) is 0 Å². The molecule has 1 unspecified atom stereocenters. The summed E-state index contributed by atoms with van der Waals surface area (Å²) in [6.07, 6.45) is 5.08. The highest BCUT2D eigenvalue weighted by Crippen LogP contribution is 2.17. The van der Waals surface area contributed by atoms with Crippen LogP contribution < -0.4 is 10.6 Å². The van der Waals surface area contributed by atoms with Crippen LogP contribution in [-0.2, 0) is 9.47 Å². The Hall–Kier alpha value is -0.230. The predicted molar refractivity (Wildman–Crippen MR) is 73.2 cm³/mol. The second kappa shape index (κ2) is 7.53. The lowest BCUT2D eigenvalue weighted by Crippen LogP contribution is -2.50. The highest BCUT2D eigenvalue weighted by atomic mass is 19.1. The zero-order valence-electron chi connectivity index (χ0n) is 11.9. The van der Waals surface area contributed by atoms with Gasteiger partial charge in [0.15, 0.2) is 5.67 Å². The van der Waals surface area contributed by atoms with Crippen LogP contribution in [0, 0.1) is 0 Å². The van der Waals surface area contributed by atoms with E-state index in [2.05, 4.69) is 10.6 Å². The van der Waals surface area contributed by atoms with E-state index in [4.69, 9.17) is 9.47 Å². The molecule has 0 spiro atoms. The molecule has 1 heterocycles. The van der Waals surface area contributed by atoms with Gasteiger partial charge in [-0.2, -0.15) is 0 Å². The van der Waals surface area contributed by atoms with E-state index in [0.29, 0.717) is 6.61 Å². The Balaban J connectivity index is 1.41. The highest BCUT2D eigenvalue weighted by molar-refractivity contribution is 4.79. The maximum atomic E-state index is 14.0. The topological polar surface area (TPSA) is 42.5 Å². The molecule has 1 aliphatic carbocycles. The summed E-state index contributed by atoms with van der Waals surface area (Å²) in [6, 6.07) is 0.718. The van der Waals surface area contributed by atoms with Crippen LogP contribution in [0.25, 0.3) is 0 Å². The molecule has 1 aliphatic heterocycles. The van der Waals surface area contributed by atoms with Crippen molar-refractivity contribution in [2.75, 3.05) is 39.5 Å². The van der Waals surface area contributed by atoms with E-state index < -0.39 is 5.67 Å². The van der Waals surface area contributed by atoms with E-state index in [-0.39, 0.29) is 19.3 Å². The van der Waals surface area contributed by atoms with Gasteiger partial charge in [-0.1, -0.05) is 6.42 Å². The Bertz CT molecular complexity index is 256. The molecule has 0 aromatic heterocycles. The fourth-order valence-electron chi connectivity index (χ4n) is 2.09. The SMILES string of the molecule is CC(F)(COCCCNC1CCC1)COC1CNC1. The minimum Gasteiger partial charge on any atom is -0.378 e. The molecule has 0 radical (unpaired) electrons. The molecule has 1 atom stereocenters. The van der Waals surface area contributed by atoms with Crippen molar-refractivity contribution in [3.8, 4) is 0 Å². The molecular weight excluding hydrogens is 247 g/mol. The molecule has 2 aliphatic rings. The first-order chi connectivity index (χ1) is 9.16. The predicted octanol–water partition coefficient (Wildman–Crippen LogP) is 1.25. The Kier molecular flexibility index (Phi) is 6.01. The monoisotopic (exact) mass is 274 g/mol. The van der Waals surface area contributed by atoms with Crippen molar-refractivity contribution in [1.29, 1.82) is 0 Å². The van der Waals surface area contributed by atoms with E-state index in [0.717, 1.165) is 32.1 Å². The molecule has 0 aromatic carbocycles. The van der Waals surface area contributed by atoms with E-state index in [1.807, 2.05) is 0 Å². The molecule has 0 amide bonds. The summed E-state index contributed by atoms with van der Waals surface area (Å²) < 4.78 is 24.9. The molecular formula is C14H27FN2O2. The van der Waals surface area contributed by atoms with Gasteiger partial charge in [0.1, 0.15) is 0 Å². The van der Waals surface area contributed by atoms with Gasteiger partial charge in [0.05, 0.1) is 19.3 Å². The average molecular weight is 274 g/mol. The molecule has 2 N–H and O–H groups in total. The number of alkyl halides is 1. The zero-order chi connectivity index (χ0) is 13.6. The fourth-order valence-corrected chi connectivity index (χ4v) is 2.09. The van der Waals surface area contributed by atoms with Crippen LogP contribution in [0.15, 0.2) is 0 Å². The highest BCUT2D eigenvalue weighted by Gasteiger charge is 2.27. The normalized spacial score (nSPS) is 23.7. The minimum absolute atomic E-state index is 0.122. The largest absolute Gasteiger partial charge is 0.378 e. The fraction of sp³-hybridized carbons (Fsp3) is 1.00. The standard InChI is InChI=1S/C14H27FN2O2/c1-14(15,11-19-13-8-16-9-13)10-18-7-3-6-17-12-4-2-5-12/h12-13,16-17H,2-11H2,1H3. The molecule has 0 aromatic rings. The van der Waals surface area contributed by atoms with E-state index >= 15 is 0 Å². The van der Waals surface area contributed by atoms with Crippen molar-refractivity contribution >= 4 is 0 Å². The zero-order valence-corrected chi connectivity index (χ0v) is 11.9.